The molecule has 0 fully saturated rings. The van der Waals surface area contributed by atoms with Crippen LogP contribution in [0.4, 0.5) is 4.39 Å². The average Bonchev–Trinajstić information content (AvgIpc) is 3.37. The molecule has 148 valence electrons. The second-order valence-electron chi connectivity index (χ2n) is 6.41. The number of hydrogen-bond donors (Lipinski definition) is 1. The molecular weight excluding hydrogens is 391 g/mol. The fourth-order valence-corrected chi connectivity index (χ4v) is 3.74. The van der Waals surface area contributed by atoms with Crippen LogP contribution < -0.4 is 10.1 Å². The predicted octanol–water partition coefficient (Wildman–Crippen LogP) is 5.17. The van der Waals surface area contributed by atoms with Crippen LogP contribution in [-0.2, 0) is 11.3 Å². The molecule has 2 aromatic carbocycles. The van der Waals surface area contributed by atoms with Crippen molar-refractivity contribution in [2.24, 2.45) is 0 Å². The predicted molar refractivity (Wildman–Crippen MR) is 110 cm³/mol. The number of furan rings is 1. The number of halogens is 1. The van der Waals surface area contributed by atoms with Crippen LogP contribution in [0, 0.1) is 5.82 Å². The zero-order valence-electron chi connectivity index (χ0n) is 15.6. The third-order valence-electron chi connectivity index (χ3n) is 4.27. The molecule has 0 atom stereocenters. The molecule has 2 heterocycles. The Hall–Kier alpha value is -3.19. The van der Waals surface area contributed by atoms with E-state index in [0.717, 1.165) is 15.2 Å². The molecule has 0 aliphatic carbocycles. The van der Waals surface area contributed by atoms with Crippen LogP contribution >= 0.6 is 11.3 Å². The molecule has 0 spiro atoms. The first kappa shape index (κ1) is 19.1. The normalized spacial score (nSPS) is 10.9. The molecule has 0 saturated carbocycles. The Morgan fingerprint density at radius 3 is 2.79 bits per heavy atom. The van der Waals surface area contributed by atoms with Crippen molar-refractivity contribution in [3.8, 4) is 16.5 Å². The standard InChI is InChI=1S/C22H19FN2O3S/c23-16-6-1-3-8-18(16)27-13-5-10-21(26)24-14-15-11-12-19(28-15)22-25-17-7-2-4-9-20(17)29-22/h1-4,6-9,11-12H,5,10,13-14H2,(H,24,26). The van der Waals surface area contributed by atoms with E-state index in [2.05, 4.69) is 10.3 Å². The summed E-state index contributed by atoms with van der Waals surface area (Å²) >= 11 is 1.57. The summed E-state index contributed by atoms with van der Waals surface area (Å²) in [7, 11) is 0. The number of carbonyl (C=O) groups excluding carboxylic acids is 1. The molecule has 29 heavy (non-hydrogen) atoms. The van der Waals surface area contributed by atoms with Crippen LogP contribution in [0.1, 0.15) is 18.6 Å². The number of thiazole rings is 1. The molecule has 0 radical (unpaired) electrons. The number of amides is 1. The summed E-state index contributed by atoms with van der Waals surface area (Å²) in [5.41, 5.74) is 0.941. The van der Waals surface area contributed by atoms with Gasteiger partial charge in [-0.1, -0.05) is 24.3 Å². The van der Waals surface area contributed by atoms with Gasteiger partial charge in [-0.3, -0.25) is 4.79 Å². The number of hydrogen-bond acceptors (Lipinski definition) is 5. The maximum atomic E-state index is 13.5. The highest BCUT2D eigenvalue weighted by atomic mass is 32.1. The lowest BCUT2D eigenvalue weighted by molar-refractivity contribution is -0.121. The first-order chi connectivity index (χ1) is 14.2. The summed E-state index contributed by atoms with van der Waals surface area (Å²) in [6.07, 6.45) is 0.787. The molecule has 2 aromatic heterocycles. The largest absolute Gasteiger partial charge is 0.491 e. The first-order valence-electron chi connectivity index (χ1n) is 9.28. The lowest BCUT2D eigenvalue weighted by Gasteiger charge is -2.07. The van der Waals surface area contributed by atoms with Gasteiger partial charge in [-0.2, -0.15) is 0 Å². The fraction of sp³-hybridized carbons (Fsp3) is 0.182. The van der Waals surface area contributed by atoms with Gasteiger partial charge in [0.2, 0.25) is 5.91 Å². The number of fused-ring (bicyclic) bond motifs is 1. The van der Waals surface area contributed by atoms with Crippen molar-refractivity contribution >= 4 is 27.5 Å². The van der Waals surface area contributed by atoms with Crippen molar-refractivity contribution in [2.45, 2.75) is 19.4 Å². The number of ether oxygens (including phenoxy) is 1. The average molecular weight is 410 g/mol. The van der Waals surface area contributed by atoms with E-state index in [1.54, 1.807) is 29.5 Å². The van der Waals surface area contributed by atoms with E-state index in [9.17, 15) is 9.18 Å². The Kier molecular flexibility index (Phi) is 5.86. The van der Waals surface area contributed by atoms with Gasteiger partial charge < -0.3 is 14.5 Å². The van der Waals surface area contributed by atoms with E-state index in [4.69, 9.17) is 9.15 Å². The van der Waals surface area contributed by atoms with E-state index in [-0.39, 0.29) is 18.3 Å². The number of aromatic nitrogens is 1. The van der Waals surface area contributed by atoms with Crippen LogP contribution in [0.15, 0.2) is 65.1 Å². The quantitative estimate of drug-likeness (QED) is 0.407. The minimum absolute atomic E-state index is 0.111. The number of carbonyl (C=O) groups is 1. The SMILES string of the molecule is O=C(CCCOc1ccccc1F)NCc1ccc(-c2nc3ccccc3s2)o1. The molecule has 0 aliphatic rings. The van der Waals surface area contributed by atoms with Crippen molar-refractivity contribution < 1.29 is 18.3 Å². The number of rotatable bonds is 8. The van der Waals surface area contributed by atoms with Crippen molar-refractivity contribution in [2.75, 3.05) is 6.61 Å². The van der Waals surface area contributed by atoms with E-state index in [0.29, 0.717) is 30.9 Å². The van der Waals surface area contributed by atoms with Gasteiger partial charge in [-0.05, 0) is 42.8 Å². The van der Waals surface area contributed by atoms with Gasteiger partial charge >= 0.3 is 0 Å². The Bertz CT molecular complexity index is 1090. The molecule has 1 amide bonds. The summed E-state index contributed by atoms with van der Waals surface area (Å²) in [5.74, 6) is 1.04. The van der Waals surface area contributed by atoms with Crippen LogP contribution in [0.5, 0.6) is 5.75 Å². The van der Waals surface area contributed by atoms with E-state index < -0.39 is 5.82 Å². The van der Waals surface area contributed by atoms with Gasteiger partial charge in [-0.25, -0.2) is 9.37 Å². The highest BCUT2D eigenvalue weighted by Gasteiger charge is 2.11. The second kappa shape index (κ2) is 8.87. The Morgan fingerprint density at radius 2 is 1.93 bits per heavy atom. The summed E-state index contributed by atoms with van der Waals surface area (Å²) in [5, 5.41) is 3.64. The minimum Gasteiger partial charge on any atom is -0.491 e. The third-order valence-corrected chi connectivity index (χ3v) is 5.32. The van der Waals surface area contributed by atoms with Crippen LogP contribution in [-0.4, -0.2) is 17.5 Å². The maximum Gasteiger partial charge on any atom is 0.220 e. The van der Waals surface area contributed by atoms with E-state index in [1.807, 2.05) is 36.4 Å². The molecule has 1 N–H and O–H groups in total. The lowest BCUT2D eigenvalue weighted by atomic mass is 10.3. The molecule has 0 aliphatic heterocycles. The van der Waals surface area contributed by atoms with Gasteiger partial charge in [0.25, 0.3) is 0 Å². The molecule has 5 nitrogen and oxygen atoms in total. The Balaban J connectivity index is 1.23. The summed E-state index contributed by atoms with van der Waals surface area (Å²) in [6, 6.07) is 17.8. The van der Waals surface area contributed by atoms with Gasteiger partial charge in [0.1, 0.15) is 5.76 Å². The Labute approximate surface area is 171 Å². The van der Waals surface area contributed by atoms with Crippen molar-refractivity contribution in [1.82, 2.24) is 10.3 Å². The molecule has 4 rings (SSSR count). The summed E-state index contributed by atoms with van der Waals surface area (Å²) in [6.45, 7) is 0.578. The van der Waals surface area contributed by atoms with Crippen LogP contribution in [0.3, 0.4) is 0 Å². The first-order valence-corrected chi connectivity index (χ1v) is 10.1. The van der Waals surface area contributed by atoms with Crippen molar-refractivity contribution in [1.29, 1.82) is 0 Å². The smallest absolute Gasteiger partial charge is 0.220 e. The molecule has 0 saturated heterocycles. The Morgan fingerprint density at radius 1 is 1.10 bits per heavy atom. The zero-order chi connectivity index (χ0) is 20.1. The van der Waals surface area contributed by atoms with Gasteiger partial charge in [-0.15, -0.1) is 11.3 Å². The topological polar surface area (TPSA) is 64.4 Å². The number of nitrogens with zero attached hydrogens (tertiary/aromatic N) is 1. The highest BCUT2D eigenvalue weighted by Crippen LogP contribution is 2.31. The molecule has 7 heteroatoms. The van der Waals surface area contributed by atoms with Gasteiger partial charge in [0.15, 0.2) is 22.3 Å². The zero-order valence-corrected chi connectivity index (χ0v) is 16.4. The van der Waals surface area contributed by atoms with Crippen LogP contribution in [0.2, 0.25) is 0 Å². The number of para-hydroxylation sites is 2. The van der Waals surface area contributed by atoms with E-state index >= 15 is 0 Å². The molecule has 0 bridgehead atoms. The monoisotopic (exact) mass is 410 g/mol. The van der Waals surface area contributed by atoms with Crippen LogP contribution in [0.25, 0.3) is 21.0 Å². The highest BCUT2D eigenvalue weighted by molar-refractivity contribution is 7.21. The second-order valence-corrected chi connectivity index (χ2v) is 7.44. The van der Waals surface area contributed by atoms with E-state index in [1.165, 1.54) is 6.07 Å². The summed E-state index contributed by atoms with van der Waals surface area (Å²) in [4.78, 5) is 16.6. The van der Waals surface area contributed by atoms with Crippen molar-refractivity contribution in [3.63, 3.8) is 0 Å². The molecule has 4 aromatic rings. The van der Waals surface area contributed by atoms with Crippen molar-refractivity contribution in [3.05, 3.63) is 72.2 Å². The fourth-order valence-electron chi connectivity index (χ4n) is 2.82. The molecule has 0 unspecified atom stereocenters. The maximum absolute atomic E-state index is 13.5. The van der Waals surface area contributed by atoms with Gasteiger partial charge in [0.05, 0.1) is 23.4 Å². The number of nitrogens with one attached hydrogen (secondary N) is 1. The third kappa shape index (κ3) is 4.81. The molecular formula is C22H19FN2O3S. The summed E-state index contributed by atoms with van der Waals surface area (Å²) < 4.78 is 25.7. The number of benzene rings is 2. The lowest BCUT2D eigenvalue weighted by Crippen LogP contribution is -2.22. The minimum atomic E-state index is -0.404. The van der Waals surface area contributed by atoms with Gasteiger partial charge in [0, 0.05) is 6.42 Å².